The molecular weight excluding hydrogens is 302 g/mol. The molecule has 4 heteroatoms. The highest BCUT2D eigenvalue weighted by Crippen LogP contribution is 2.16. The summed E-state index contributed by atoms with van der Waals surface area (Å²) in [6.45, 7) is 14.9. The van der Waals surface area contributed by atoms with Gasteiger partial charge in [0.05, 0.1) is 26.2 Å². The van der Waals surface area contributed by atoms with Crippen molar-refractivity contribution in [1.82, 2.24) is 0 Å². The lowest BCUT2D eigenvalue weighted by molar-refractivity contribution is -0.929. The van der Waals surface area contributed by atoms with E-state index in [0.717, 1.165) is 6.08 Å². The molecule has 0 fully saturated rings. The summed E-state index contributed by atoms with van der Waals surface area (Å²) in [7, 11) is 0. The Labute approximate surface area is 149 Å². The highest BCUT2D eigenvalue weighted by molar-refractivity contribution is 5.84. The molecule has 0 saturated heterocycles. The second-order valence-corrected chi connectivity index (χ2v) is 6.87. The van der Waals surface area contributed by atoms with E-state index in [1.807, 2.05) is 0 Å². The fourth-order valence-corrected chi connectivity index (χ4v) is 3.00. The lowest BCUT2D eigenvalue weighted by Crippen LogP contribution is -2.50. The predicted molar refractivity (Wildman–Crippen MR) is 98.4 cm³/mol. The first-order valence-electron chi connectivity index (χ1n) is 9.93. The molecule has 0 radical (unpaired) electrons. The average Bonchev–Trinajstić information content (AvgIpc) is 2.97. The van der Waals surface area contributed by atoms with Crippen LogP contribution in [0.1, 0.15) is 79.1 Å². The summed E-state index contributed by atoms with van der Waals surface area (Å²) in [6, 6.07) is 0. The van der Waals surface area contributed by atoms with Gasteiger partial charge in [0.15, 0.2) is 0 Å². The maximum Gasteiger partial charge on any atom is 0.330 e. The van der Waals surface area contributed by atoms with Crippen LogP contribution in [0.15, 0.2) is 11.8 Å². The van der Waals surface area contributed by atoms with Gasteiger partial charge in [0.2, 0.25) is 0 Å². The zero-order valence-corrected chi connectivity index (χ0v) is 16.4. The minimum Gasteiger partial charge on any atom is -0.873 e. The second-order valence-electron chi connectivity index (χ2n) is 6.87. The third-order valence-corrected chi connectivity index (χ3v) is 4.58. The van der Waals surface area contributed by atoms with Crippen molar-refractivity contribution in [1.29, 1.82) is 0 Å². The van der Waals surface area contributed by atoms with E-state index in [4.69, 9.17) is 0 Å². The summed E-state index contributed by atoms with van der Waals surface area (Å²) in [5.74, 6) is -0.769. The second kappa shape index (κ2) is 14.3. The SMILES string of the molecule is CCCC[N+](CCCC)(CCCC)CCCC.O=C1C=C([O-])CO1. The predicted octanol–water partition coefficient (Wildman–Crippen LogP) is 3.79. The van der Waals surface area contributed by atoms with Crippen LogP contribution in [-0.4, -0.2) is 43.2 Å². The fraction of sp³-hybridized carbons (Fsp3) is 0.850. The van der Waals surface area contributed by atoms with E-state index < -0.39 is 5.97 Å². The maximum atomic E-state index is 10.1. The molecule has 0 bridgehead atoms. The largest absolute Gasteiger partial charge is 0.873 e. The number of cyclic esters (lactones) is 1. The third kappa shape index (κ3) is 10.7. The molecule has 4 nitrogen and oxygen atoms in total. The zero-order chi connectivity index (χ0) is 18.3. The van der Waals surface area contributed by atoms with Gasteiger partial charge in [0.25, 0.3) is 0 Å². The Morgan fingerprint density at radius 2 is 1.25 bits per heavy atom. The number of ether oxygens (including phenoxy) is 1. The molecule has 0 unspecified atom stereocenters. The normalized spacial score (nSPS) is 14.0. The van der Waals surface area contributed by atoms with Crippen molar-refractivity contribution in [2.24, 2.45) is 0 Å². The number of esters is 1. The van der Waals surface area contributed by atoms with Gasteiger partial charge in [0.1, 0.15) is 6.61 Å². The van der Waals surface area contributed by atoms with Gasteiger partial charge in [-0.3, -0.25) is 0 Å². The fourth-order valence-electron chi connectivity index (χ4n) is 3.00. The van der Waals surface area contributed by atoms with Gasteiger partial charge in [-0.1, -0.05) is 59.1 Å². The van der Waals surface area contributed by atoms with E-state index >= 15 is 0 Å². The highest BCUT2D eigenvalue weighted by Gasteiger charge is 2.24. The van der Waals surface area contributed by atoms with Gasteiger partial charge in [-0.15, -0.1) is 0 Å². The molecule has 142 valence electrons. The lowest BCUT2D eigenvalue weighted by atomic mass is 10.1. The topological polar surface area (TPSA) is 49.4 Å². The molecule has 0 amide bonds. The van der Waals surface area contributed by atoms with Gasteiger partial charge in [0, 0.05) is 6.08 Å². The Morgan fingerprint density at radius 1 is 0.875 bits per heavy atom. The minimum absolute atomic E-state index is 0.0706. The van der Waals surface area contributed by atoms with E-state index in [9.17, 15) is 9.90 Å². The summed E-state index contributed by atoms with van der Waals surface area (Å²) in [5.41, 5.74) is 0. The van der Waals surface area contributed by atoms with Gasteiger partial charge >= 0.3 is 5.97 Å². The van der Waals surface area contributed by atoms with Crippen molar-refractivity contribution >= 4 is 5.97 Å². The first-order valence-corrected chi connectivity index (χ1v) is 9.93. The summed E-state index contributed by atoms with van der Waals surface area (Å²) >= 11 is 0. The molecule has 0 saturated carbocycles. The van der Waals surface area contributed by atoms with Crippen molar-refractivity contribution in [3.05, 3.63) is 11.8 Å². The quantitative estimate of drug-likeness (QED) is 0.401. The van der Waals surface area contributed by atoms with E-state index in [2.05, 4.69) is 32.4 Å². The standard InChI is InChI=1S/C16H36N.C4H4O3/c1-5-9-13-17(14-10-6-2,15-11-7-3)16-12-8-4;5-3-1-4(6)7-2-3/h5-16H2,1-4H3;1,5H,2H2/q+1;/p-1. The van der Waals surface area contributed by atoms with Crippen LogP contribution in [-0.2, 0) is 9.53 Å². The number of carbonyl (C=O) groups is 1. The molecule has 1 aliphatic heterocycles. The monoisotopic (exact) mass is 341 g/mol. The Bertz CT molecular complexity index is 315. The van der Waals surface area contributed by atoms with Crippen molar-refractivity contribution in [3.63, 3.8) is 0 Å². The van der Waals surface area contributed by atoms with Crippen molar-refractivity contribution in [2.45, 2.75) is 79.1 Å². The van der Waals surface area contributed by atoms with Crippen LogP contribution in [0.2, 0.25) is 0 Å². The number of unbranched alkanes of at least 4 members (excludes halogenated alkanes) is 4. The molecule has 0 spiro atoms. The highest BCUT2D eigenvalue weighted by atomic mass is 16.5. The van der Waals surface area contributed by atoms with Crippen LogP contribution >= 0.6 is 0 Å². The molecule has 0 aromatic carbocycles. The molecule has 1 rings (SSSR count). The molecule has 0 aromatic heterocycles. The van der Waals surface area contributed by atoms with Gasteiger partial charge in [-0.05, 0) is 25.7 Å². The van der Waals surface area contributed by atoms with Gasteiger partial charge < -0.3 is 14.3 Å². The van der Waals surface area contributed by atoms with Gasteiger partial charge in [-0.25, -0.2) is 4.79 Å². The maximum absolute atomic E-state index is 10.1. The van der Waals surface area contributed by atoms with Crippen molar-refractivity contribution in [3.8, 4) is 0 Å². The molecule has 0 aliphatic carbocycles. The summed E-state index contributed by atoms with van der Waals surface area (Å²) in [5, 5.41) is 10.1. The molecule has 1 aliphatic rings. The molecule has 0 N–H and O–H groups in total. The number of hydrogen-bond acceptors (Lipinski definition) is 3. The molecule has 1 heterocycles. The van der Waals surface area contributed by atoms with Crippen molar-refractivity contribution < 1.29 is 19.1 Å². The smallest absolute Gasteiger partial charge is 0.330 e. The number of hydrogen-bond donors (Lipinski definition) is 0. The molecule has 0 atom stereocenters. The number of nitrogens with zero attached hydrogens (tertiary/aromatic N) is 1. The van der Waals surface area contributed by atoms with Crippen LogP contribution < -0.4 is 5.11 Å². The van der Waals surface area contributed by atoms with E-state index in [-0.39, 0.29) is 12.4 Å². The molecular formula is C20H39NO3. The van der Waals surface area contributed by atoms with Crippen LogP contribution in [0.5, 0.6) is 0 Å². The van der Waals surface area contributed by atoms with Gasteiger partial charge in [-0.2, -0.15) is 0 Å². The Kier molecular flexibility index (Phi) is 13.7. The average molecular weight is 342 g/mol. The van der Waals surface area contributed by atoms with E-state index in [0.29, 0.717) is 0 Å². The first-order chi connectivity index (χ1) is 11.5. The number of rotatable bonds is 12. The Morgan fingerprint density at radius 3 is 1.42 bits per heavy atom. The number of quaternary nitrogens is 1. The molecule has 0 aromatic rings. The summed E-state index contributed by atoms with van der Waals surface area (Å²) in [4.78, 5) is 9.95. The summed E-state index contributed by atoms with van der Waals surface area (Å²) < 4.78 is 5.64. The third-order valence-electron chi connectivity index (χ3n) is 4.58. The minimum atomic E-state index is -0.523. The van der Waals surface area contributed by atoms with E-state index in [1.54, 1.807) is 0 Å². The zero-order valence-electron chi connectivity index (χ0n) is 16.4. The number of carbonyl (C=O) groups excluding carboxylic acids is 1. The van der Waals surface area contributed by atoms with E-state index in [1.165, 1.54) is 82.0 Å². The first kappa shape index (κ1) is 23.0. The van der Waals surface area contributed by atoms with Crippen molar-refractivity contribution in [2.75, 3.05) is 32.8 Å². The van der Waals surface area contributed by atoms with Crippen LogP contribution in [0.4, 0.5) is 0 Å². The summed E-state index contributed by atoms with van der Waals surface area (Å²) in [6.07, 6.45) is 12.0. The Balaban J connectivity index is 0.000000620. The van der Waals surface area contributed by atoms with Crippen LogP contribution in [0.3, 0.4) is 0 Å². The lowest BCUT2D eigenvalue weighted by Gasteiger charge is -2.39. The Hall–Kier alpha value is -1.03. The van der Waals surface area contributed by atoms with Crippen LogP contribution in [0.25, 0.3) is 0 Å². The van der Waals surface area contributed by atoms with Crippen LogP contribution in [0, 0.1) is 0 Å². The molecule has 24 heavy (non-hydrogen) atoms.